The monoisotopic (exact) mass is 421 g/mol. The van der Waals surface area contributed by atoms with Crippen molar-refractivity contribution in [1.82, 2.24) is 0 Å². The van der Waals surface area contributed by atoms with Crippen LogP contribution in [-0.4, -0.2) is 23.9 Å². The first-order valence-corrected chi connectivity index (χ1v) is 9.05. The summed E-state index contributed by atoms with van der Waals surface area (Å²) in [6.45, 7) is 1.61. The van der Waals surface area contributed by atoms with Gasteiger partial charge in [-0.25, -0.2) is 4.39 Å². The molecule has 1 fully saturated rings. The first-order valence-electron chi connectivity index (χ1n) is 8.25. The summed E-state index contributed by atoms with van der Waals surface area (Å²) in [4.78, 5) is 25.5. The van der Waals surface area contributed by atoms with Crippen LogP contribution < -0.4 is 10.2 Å². The van der Waals surface area contributed by atoms with Crippen LogP contribution in [0.5, 0.6) is 0 Å². The molecule has 0 bridgehead atoms. The summed E-state index contributed by atoms with van der Waals surface area (Å²) < 4.78 is 13.6. The minimum absolute atomic E-state index is 0.144. The fraction of sp³-hybridized carbons (Fsp3) is 0.278. The van der Waals surface area contributed by atoms with Gasteiger partial charge < -0.3 is 10.2 Å². The van der Waals surface area contributed by atoms with Crippen molar-refractivity contribution in [3.63, 3.8) is 0 Å². The molecule has 1 amide bonds. The van der Waals surface area contributed by atoms with E-state index in [0.717, 1.165) is 32.4 Å². The summed E-state index contributed by atoms with van der Waals surface area (Å²) in [6.07, 6.45) is 3.16. The molecule has 6 nitrogen and oxygen atoms in total. The topological polar surface area (TPSA) is 75.5 Å². The van der Waals surface area contributed by atoms with Crippen LogP contribution in [0.25, 0.3) is 0 Å². The molecule has 1 aliphatic heterocycles. The van der Waals surface area contributed by atoms with E-state index in [1.165, 1.54) is 30.3 Å². The van der Waals surface area contributed by atoms with E-state index >= 15 is 0 Å². The number of nitrogens with one attached hydrogen (secondary N) is 1. The molecule has 1 saturated heterocycles. The number of nitrogens with zero attached hydrogens (tertiary/aromatic N) is 2. The van der Waals surface area contributed by atoms with Crippen LogP contribution in [0, 0.1) is 15.9 Å². The molecule has 0 unspecified atom stereocenters. The second kappa shape index (κ2) is 7.82. The van der Waals surface area contributed by atoms with E-state index in [1.54, 1.807) is 6.07 Å². The van der Waals surface area contributed by atoms with Gasteiger partial charge in [-0.2, -0.15) is 0 Å². The minimum atomic E-state index is -0.523. The number of non-ortho nitro benzene ring substituents is 1. The highest BCUT2D eigenvalue weighted by Gasteiger charge is 2.22. The number of anilines is 2. The average molecular weight is 422 g/mol. The highest BCUT2D eigenvalue weighted by molar-refractivity contribution is 9.10. The third-order valence-corrected chi connectivity index (χ3v) is 4.97. The van der Waals surface area contributed by atoms with Crippen LogP contribution in [-0.2, 0) is 0 Å². The summed E-state index contributed by atoms with van der Waals surface area (Å²) in [6, 6.07) is 8.24. The number of piperidine rings is 1. The van der Waals surface area contributed by atoms with Crippen molar-refractivity contribution in [1.29, 1.82) is 0 Å². The number of amides is 1. The number of rotatable bonds is 4. The lowest BCUT2D eigenvalue weighted by Gasteiger charge is -2.30. The third kappa shape index (κ3) is 4.01. The maximum atomic E-state index is 13.2. The zero-order valence-corrected chi connectivity index (χ0v) is 15.5. The lowest BCUT2D eigenvalue weighted by molar-refractivity contribution is -0.384. The number of benzene rings is 2. The first kappa shape index (κ1) is 18.3. The molecule has 1 N–H and O–H groups in total. The van der Waals surface area contributed by atoms with Gasteiger partial charge >= 0.3 is 0 Å². The Balaban J connectivity index is 1.95. The van der Waals surface area contributed by atoms with Gasteiger partial charge in [0.2, 0.25) is 0 Å². The van der Waals surface area contributed by atoms with Crippen LogP contribution in [0.4, 0.5) is 21.5 Å². The van der Waals surface area contributed by atoms with Crippen LogP contribution >= 0.6 is 15.9 Å². The second-order valence-corrected chi connectivity index (χ2v) is 6.94. The van der Waals surface area contributed by atoms with E-state index in [2.05, 4.69) is 26.1 Å². The highest BCUT2D eigenvalue weighted by atomic mass is 79.9. The predicted molar refractivity (Wildman–Crippen MR) is 101 cm³/mol. The smallest absolute Gasteiger partial charge is 0.270 e. The SMILES string of the molecule is O=C(Nc1ccc(F)cc1Br)c1cc([N+](=O)[O-])ccc1N1CCCCC1. The quantitative estimate of drug-likeness (QED) is 0.571. The van der Waals surface area contributed by atoms with E-state index in [-0.39, 0.29) is 11.3 Å². The molecule has 0 atom stereocenters. The van der Waals surface area contributed by atoms with Crippen LogP contribution in [0.3, 0.4) is 0 Å². The summed E-state index contributed by atoms with van der Waals surface area (Å²) in [5, 5.41) is 13.8. The van der Waals surface area contributed by atoms with E-state index in [9.17, 15) is 19.3 Å². The van der Waals surface area contributed by atoms with Gasteiger partial charge in [0.1, 0.15) is 5.82 Å². The van der Waals surface area contributed by atoms with Crippen molar-refractivity contribution in [2.24, 2.45) is 0 Å². The van der Waals surface area contributed by atoms with Crippen molar-refractivity contribution in [3.8, 4) is 0 Å². The third-order valence-electron chi connectivity index (χ3n) is 4.31. The number of nitro groups is 1. The van der Waals surface area contributed by atoms with Gasteiger partial charge in [-0.05, 0) is 59.5 Å². The molecule has 2 aromatic carbocycles. The zero-order valence-electron chi connectivity index (χ0n) is 13.9. The average Bonchev–Trinajstić information content (AvgIpc) is 2.64. The maximum Gasteiger partial charge on any atom is 0.270 e. The van der Waals surface area contributed by atoms with Crippen LogP contribution in [0.15, 0.2) is 40.9 Å². The van der Waals surface area contributed by atoms with Crippen molar-refractivity contribution in [2.75, 3.05) is 23.3 Å². The van der Waals surface area contributed by atoms with Gasteiger partial charge in [0.25, 0.3) is 11.6 Å². The molecule has 1 aliphatic rings. The molecular formula is C18H17BrFN3O3. The van der Waals surface area contributed by atoms with E-state index in [1.807, 2.05) is 0 Å². The summed E-state index contributed by atoms with van der Waals surface area (Å²) in [5.74, 6) is -0.902. The number of nitro benzene ring substituents is 1. The Morgan fingerprint density at radius 1 is 1.15 bits per heavy atom. The normalized spacial score (nSPS) is 14.2. The largest absolute Gasteiger partial charge is 0.371 e. The van der Waals surface area contributed by atoms with E-state index in [4.69, 9.17) is 0 Å². The molecule has 3 rings (SSSR count). The van der Waals surface area contributed by atoms with Crippen molar-refractivity contribution in [3.05, 3.63) is 62.4 Å². The molecular weight excluding hydrogens is 405 g/mol. The predicted octanol–water partition coefficient (Wildman–Crippen LogP) is 4.74. The van der Waals surface area contributed by atoms with Crippen LogP contribution in [0.1, 0.15) is 29.6 Å². The summed E-state index contributed by atoms with van der Waals surface area (Å²) in [7, 11) is 0. The minimum Gasteiger partial charge on any atom is -0.371 e. The highest BCUT2D eigenvalue weighted by Crippen LogP contribution is 2.30. The van der Waals surface area contributed by atoms with E-state index in [0.29, 0.717) is 15.8 Å². The van der Waals surface area contributed by atoms with Crippen molar-refractivity contribution < 1.29 is 14.1 Å². The van der Waals surface area contributed by atoms with Crippen molar-refractivity contribution in [2.45, 2.75) is 19.3 Å². The van der Waals surface area contributed by atoms with Crippen LogP contribution in [0.2, 0.25) is 0 Å². The lowest BCUT2D eigenvalue weighted by Crippen LogP contribution is -2.31. The van der Waals surface area contributed by atoms with Gasteiger partial charge in [0.15, 0.2) is 0 Å². The Labute approximate surface area is 158 Å². The molecule has 1 heterocycles. The Morgan fingerprint density at radius 3 is 2.54 bits per heavy atom. The number of hydrogen-bond donors (Lipinski definition) is 1. The Bertz CT molecular complexity index is 854. The van der Waals surface area contributed by atoms with Gasteiger partial charge in [-0.1, -0.05) is 0 Å². The zero-order chi connectivity index (χ0) is 18.7. The van der Waals surface area contributed by atoms with Crippen molar-refractivity contribution >= 4 is 38.9 Å². The molecule has 0 spiro atoms. The first-order chi connectivity index (χ1) is 12.5. The fourth-order valence-corrected chi connectivity index (χ4v) is 3.46. The lowest BCUT2D eigenvalue weighted by atomic mass is 10.1. The molecule has 2 aromatic rings. The Kier molecular flexibility index (Phi) is 5.51. The fourth-order valence-electron chi connectivity index (χ4n) is 3.01. The molecule has 26 heavy (non-hydrogen) atoms. The number of carbonyl (C=O) groups is 1. The standard InChI is InChI=1S/C18H17BrFN3O3/c19-15-10-12(20)4-6-16(15)21-18(24)14-11-13(23(25)26)5-7-17(14)22-8-2-1-3-9-22/h4-7,10-11H,1-3,8-9H2,(H,21,24). The molecule has 136 valence electrons. The van der Waals surface area contributed by atoms with Gasteiger partial charge in [0.05, 0.1) is 21.9 Å². The number of hydrogen-bond acceptors (Lipinski definition) is 4. The molecule has 8 heteroatoms. The molecule has 0 aromatic heterocycles. The summed E-state index contributed by atoms with van der Waals surface area (Å²) >= 11 is 3.21. The maximum absolute atomic E-state index is 13.2. The molecule has 0 aliphatic carbocycles. The number of halogens is 2. The van der Waals surface area contributed by atoms with Gasteiger partial charge in [-0.15, -0.1) is 0 Å². The Hall–Kier alpha value is -2.48. The molecule has 0 radical (unpaired) electrons. The van der Waals surface area contributed by atoms with Gasteiger partial charge in [-0.3, -0.25) is 14.9 Å². The number of carbonyl (C=O) groups excluding carboxylic acids is 1. The second-order valence-electron chi connectivity index (χ2n) is 6.08. The summed E-state index contributed by atoms with van der Waals surface area (Å²) in [5.41, 5.74) is 1.16. The Morgan fingerprint density at radius 2 is 1.88 bits per heavy atom. The van der Waals surface area contributed by atoms with E-state index < -0.39 is 16.6 Å². The van der Waals surface area contributed by atoms with Gasteiger partial charge in [0, 0.05) is 29.7 Å². The molecule has 0 saturated carbocycles.